The molecular weight excluding hydrogens is 366 g/mol. The molecule has 9 heteroatoms. The van der Waals surface area contributed by atoms with E-state index in [1.165, 1.54) is 22.8 Å². The molecule has 28 heavy (non-hydrogen) atoms. The van der Waals surface area contributed by atoms with Gasteiger partial charge in [-0.05, 0) is 31.7 Å². The van der Waals surface area contributed by atoms with Crippen molar-refractivity contribution in [1.29, 1.82) is 0 Å². The monoisotopic (exact) mass is 391 g/mol. The van der Waals surface area contributed by atoms with Crippen LogP contribution in [-0.4, -0.2) is 45.1 Å². The molecule has 1 atom stereocenters. The quantitative estimate of drug-likeness (QED) is 0.571. The summed E-state index contributed by atoms with van der Waals surface area (Å²) in [5, 5.41) is 20.5. The topological polar surface area (TPSA) is 119 Å². The minimum atomic E-state index is -0.591. The summed E-state index contributed by atoms with van der Waals surface area (Å²) >= 11 is 0. The van der Waals surface area contributed by atoms with Crippen molar-refractivity contribution in [2.24, 2.45) is 5.41 Å². The van der Waals surface area contributed by atoms with E-state index in [1.54, 1.807) is 0 Å². The molecule has 1 aromatic carbocycles. The smallest absolute Gasteiger partial charge is 0.407 e. The first-order chi connectivity index (χ1) is 13.4. The number of nitro groups is 1. The molecule has 1 aliphatic heterocycles. The van der Waals surface area contributed by atoms with Gasteiger partial charge in [-0.2, -0.15) is 0 Å². The molecule has 1 saturated heterocycles. The standard InChI is InChI=1S/C19H25N3O6/c1-2-19(13-23)8-4-9-20(12-19)17(24)5-3-10-21-15-7-6-14(22(26)27)11-16(15)28-18(21)25/h6-7,11,23H,2-5,8-10,12-13H2,1H3/t19-/m1/s1. The number of aryl methyl sites for hydroxylation is 1. The van der Waals surface area contributed by atoms with Gasteiger partial charge < -0.3 is 14.4 Å². The summed E-state index contributed by atoms with van der Waals surface area (Å²) in [6.07, 6.45) is 3.38. The second-order valence-corrected chi connectivity index (χ2v) is 7.46. The van der Waals surface area contributed by atoms with Gasteiger partial charge in [-0.3, -0.25) is 19.5 Å². The first-order valence-electron chi connectivity index (χ1n) is 9.55. The highest BCUT2D eigenvalue weighted by atomic mass is 16.6. The molecule has 2 heterocycles. The predicted molar refractivity (Wildman–Crippen MR) is 102 cm³/mol. The molecule has 1 amide bonds. The number of non-ortho nitro benzene ring substituents is 1. The Labute approximate surface area is 161 Å². The zero-order valence-electron chi connectivity index (χ0n) is 15.9. The van der Waals surface area contributed by atoms with Crippen LogP contribution >= 0.6 is 0 Å². The lowest BCUT2D eigenvalue weighted by molar-refractivity contribution is -0.384. The van der Waals surface area contributed by atoms with Gasteiger partial charge in [0.05, 0.1) is 23.1 Å². The molecule has 0 spiro atoms. The molecule has 152 valence electrons. The van der Waals surface area contributed by atoms with Gasteiger partial charge in [0, 0.05) is 37.5 Å². The van der Waals surface area contributed by atoms with Gasteiger partial charge in [0.1, 0.15) is 0 Å². The molecule has 0 bridgehead atoms. The first-order valence-corrected chi connectivity index (χ1v) is 9.55. The summed E-state index contributed by atoms with van der Waals surface area (Å²) in [5.41, 5.74) is 0.292. The number of hydrogen-bond donors (Lipinski definition) is 1. The van der Waals surface area contributed by atoms with Crippen LogP contribution in [-0.2, 0) is 11.3 Å². The van der Waals surface area contributed by atoms with Crippen LogP contribution in [0.1, 0.15) is 39.0 Å². The number of hydrogen-bond acceptors (Lipinski definition) is 6. The molecule has 0 aliphatic carbocycles. The van der Waals surface area contributed by atoms with E-state index in [1.807, 2.05) is 11.8 Å². The number of amides is 1. The van der Waals surface area contributed by atoms with E-state index in [2.05, 4.69) is 0 Å². The number of nitro benzene ring substituents is 1. The van der Waals surface area contributed by atoms with Crippen molar-refractivity contribution in [1.82, 2.24) is 9.47 Å². The Bertz CT molecular complexity index is 927. The number of piperidine rings is 1. The van der Waals surface area contributed by atoms with Gasteiger partial charge in [-0.25, -0.2) is 4.79 Å². The van der Waals surface area contributed by atoms with Crippen molar-refractivity contribution in [3.63, 3.8) is 0 Å². The second kappa shape index (κ2) is 8.14. The Morgan fingerprint density at radius 1 is 1.43 bits per heavy atom. The Balaban J connectivity index is 1.63. The molecule has 3 rings (SSSR count). The molecule has 1 N–H and O–H groups in total. The highest BCUT2D eigenvalue weighted by molar-refractivity contribution is 5.77. The number of aliphatic hydroxyl groups excluding tert-OH is 1. The van der Waals surface area contributed by atoms with E-state index in [9.17, 15) is 24.8 Å². The zero-order valence-corrected chi connectivity index (χ0v) is 15.9. The van der Waals surface area contributed by atoms with Crippen molar-refractivity contribution < 1.29 is 19.2 Å². The summed E-state index contributed by atoms with van der Waals surface area (Å²) in [6.45, 7) is 3.67. The average Bonchev–Trinajstić information content (AvgIpc) is 3.02. The van der Waals surface area contributed by atoms with Crippen molar-refractivity contribution in [2.75, 3.05) is 19.7 Å². The molecule has 1 aliphatic rings. The van der Waals surface area contributed by atoms with Crippen LogP contribution in [0.5, 0.6) is 0 Å². The maximum Gasteiger partial charge on any atom is 0.419 e. The average molecular weight is 391 g/mol. The van der Waals surface area contributed by atoms with Crippen molar-refractivity contribution >= 4 is 22.7 Å². The fraction of sp³-hybridized carbons (Fsp3) is 0.579. The van der Waals surface area contributed by atoms with E-state index >= 15 is 0 Å². The Morgan fingerprint density at radius 3 is 2.89 bits per heavy atom. The number of aliphatic hydroxyl groups is 1. The fourth-order valence-electron chi connectivity index (χ4n) is 3.88. The largest absolute Gasteiger partial charge is 0.419 e. The maximum absolute atomic E-state index is 12.6. The number of nitrogens with zero attached hydrogens (tertiary/aromatic N) is 3. The van der Waals surface area contributed by atoms with Crippen LogP contribution in [0.4, 0.5) is 5.69 Å². The SMILES string of the molecule is CC[C@@]1(CO)CCCN(C(=O)CCCn2c(=O)oc3cc([N+](=O)[O-])ccc32)C1. The molecule has 9 nitrogen and oxygen atoms in total. The molecule has 0 saturated carbocycles. The lowest BCUT2D eigenvalue weighted by Crippen LogP contribution is -2.47. The molecule has 0 unspecified atom stereocenters. The van der Waals surface area contributed by atoms with Gasteiger partial charge in [-0.1, -0.05) is 6.92 Å². The van der Waals surface area contributed by atoms with Crippen molar-refractivity contribution in [3.05, 3.63) is 38.9 Å². The van der Waals surface area contributed by atoms with Gasteiger partial charge in [-0.15, -0.1) is 0 Å². The van der Waals surface area contributed by atoms with Gasteiger partial charge in [0.2, 0.25) is 5.91 Å². The summed E-state index contributed by atoms with van der Waals surface area (Å²) in [5.74, 6) is -0.575. The molecular formula is C19H25N3O6. The summed E-state index contributed by atoms with van der Waals surface area (Å²) < 4.78 is 6.50. The maximum atomic E-state index is 12.6. The second-order valence-electron chi connectivity index (χ2n) is 7.46. The zero-order chi connectivity index (χ0) is 20.3. The minimum Gasteiger partial charge on any atom is -0.407 e. The number of fused-ring (bicyclic) bond motifs is 1. The lowest BCUT2D eigenvalue weighted by Gasteiger charge is -2.41. The number of aromatic nitrogens is 1. The lowest BCUT2D eigenvalue weighted by atomic mass is 9.78. The highest BCUT2D eigenvalue weighted by Crippen LogP contribution is 2.33. The number of likely N-dealkylation sites (tertiary alicyclic amines) is 1. The third-order valence-electron chi connectivity index (χ3n) is 5.73. The Morgan fingerprint density at radius 2 is 2.21 bits per heavy atom. The third-order valence-corrected chi connectivity index (χ3v) is 5.73. The molecule has 2 aromatic rings. The minimum absolute atomic E-state index is 0.0162. The van der Waals surface area contributed by atoms with E-state index in [0.717, 1.165) is 19.3 Å². The van der Waals surface area contributed by atoms with Crippen LogP contribution in [0.2, 0.25) is 0 Å². The number of carbonyl (C=O) groups excluding carboxylic acids is 1. The first kappa shape index (κ1) is 20.1. The van der Waals surface area contributed by atoms with Crippen molar-refractivity contribution in [3.8, 4) is 0 Å². The van der Waals surface area contributed by atoms with E-state index in [4.69, 9.17) is 4.42 Å². The van der Waals surface area contributed by atoms with E-state index in [0.29, 0.717) is 31.6 Å². The van der Waals surface area contributed by atoms with Crippen LogP contribution in [0.3, 0.4) is 0 Å². The Hall–Kier alpha value is -2.68. The number of carbonyl (C=O) groups is 1. The number of oxazole rings is 1. The molecule has 1 fully saturated rings. The van der Waals surface area contributed by atoms with E-state index < -0.39 is 10.7 Å². The normalized spacial score (nSPS) is 19.9. The van der Waals surface area contributed by atoms with Crippen molar-refractivity contribution in [2.45, 2.75) is 45.6 Å². The molecule has 0 radical (unpaired) electrons. The molecule has 1 aromatic heterocycles. The van der Waals surface area contributed by atoms with Gasteiger partial charge in [0.25, 0.3) is 5.69 Å². The summed E-state index contributed by atoms with van der Waals surface area (Å²) in [4.78, 5) is 36.7. The number of benzene rings is 1. The Kier molecular flexibility index (Phi) is 5.83. The van der Waals surface area contributed by atoms with Crippen LogP contribution in [0.15, 0.2) is 27.4 Å². The summed E-state index contributed by atoms with van der Waals surface area (Å²) in [6, 6.07) is 4.04. The predicted octanol–water partition coefficient (Wildman–Crippen LogP) is 2.29. The van der Waals surface area contributed by atoms with Gasteiger partial charge in [0.15, 0.2) is 5.58 Å². The third kappa shape index (κ3) is 3.94. The van der Waals surface area contributed by atoms with Gasteiger partial charge >= 0.3 is 5.76 Å². The van der Waals surface area contributed by atoms with Crippen LogP contribution in [0.25, 0.3) is 11.1 Å². The number of rotatable bonds is 7. The van der Waals surface area contributed by atoms with Crippen LogP contribution in [0, 0.1) is 15.5 Å². The summed E-state index contributed by atoms with van der Waals surface area (Å²) in [7, 11) is 0. The van der Waals surface area contributed by atoms with Crippen LogP contribution < -0.4 is 5.76 Å². The van der Waals surface area contributed by atoms with E-state index in [-0.39, 0.29) is 35.6 Å². The fourth-order valence-corrected chi connectivity index (χ4v) is 3.88. The highest BCUT2D eigenvalue weighted by Gasteiger charge is 2.34.